The molecule has 134 valence electrons. The first-order valence-electron chi connectivity index (χ1n) is 9.23. The first-order valence-corrected chi connectivity index (χ1v) is 9.23. The van der Waals surface area contributed by atoms with Gasteiger partial charge in [0.25, 0.3) is 5.91 Å². The quantitative estimate of drug-likeness (QED) is 0.664. The summed E-state index contributed by atoms with van der Waals surface area (Å²) < 4.78 is 11.9. The van der Waals surface area contributed by atoms with Crippen molar-refractivity contribution < 1.29 is 13.9 Å². The van der Waals surface area contributed by atoms with Crippen molar-refractivity contribution in [3.8, 4) is 5.75 Å². The Hall–Kier alpha value is -2.75. The highest BCUT2D eigenvalue weighted by molar-refractivity contribution is 5.99. The molecule has 0 N–H and O–H groups in total. The molecule has 3 aromatic rings. The van der Waals surface area contributed by atoms with Crippen molar-refractivity contribution >= 4 is 16.9 Å². The fourth-order valence-corrected chi connectivity index (χ4v) is 3.62. The molecule has 1 aromatic heterocycles. The number of likely N-dealkylation sites (tertiary alicyclic amines) is 1. The normalized spacial score (nSPS) is 17.4. The number of nitrogens with zero attached hydrogens (tertiary/aromatic N) is 1. The van der Waals surface area contributed by atoms with E-state index >= 15 is 0 Å². The lowest BCUT2D eigenvalue weighted by molar-refractivity contribution is 0.0601. The molecular formula is C22H23NO3. The van der Waals surface area contributed by atoms with Gasteiger partial charge in [0.2, 0.25) is 0 Å². The van der Waals surface area contributed by atoms with Crippen molar-refractivity contribution in [1.29, 1.82) is 0 Å². The third-order valence-corrected chi connectivity index (χ3v) is 5.08. The van der Waals surface area contributed by atoms with Gasteiger partial charge < -0.3 is 14.1 Å². The molecule has 0 bridgehead atoms. The molecule has 2 aromatic carbocycles. The Bertz CT molecular complexity index is 900. The molecule has 1 fully saturated rings. The largest absolute Gasteiger partial charge is 0.489 e. The van der Waals surface area contributed by atoms with Crippen LogP contribution in [0.4, 0.5) is 0 Å². The molecule has 0 spiro atoms. The molecule has 1 aliphatic rings. The summed E-state index contributed by atoms with van der Waals surface area (Å²) in [6.45, 7) is 3.21. The van der Waals surface area contributed by atoms with Gasteiger partial charge in [-0.15, -0.1) is 0 Å². The van der Waals surface area contributed by atoms with Gasteiger partial charge in [-0.1, -0.05) is 36.4 Å². The topological polar surface area (TPSA) is 42.7 Å². The van der Waals surface area contributed by atoms with Crippen molar-refractivity contribution in [3.05, 3.63) is 65.9 Å². The molecule has 2 heterocycles. The third-order valence-electron chi connectivity index (χ3n) is 5.08. The highest BCUT2D eigenvalue weighted by Crippen LogP contribution is 2.30. The van der Waals surface area contributed by atoms with E-state index in [2.05, 4.69) is 6.92 Å². The van der Waals surface area contributed by atoms with Gasteiger partial charge in [0.15, 0.2) is 5.76 Å². The Morgan fingerprint density at radius 1 is 1.12 bits per heavy atom. The van der Waals surface area contributed by atoms with Crippen LogP contribution in [-0.2, 0) is 6.61 Å². The van der Waals surface area contributed by atoms with Crippen molar-refractivity contribution in [3.63, 3.8) is 0 Å². The molecule has 1 amide bonds. The number of fused-ring (bicyclic) bond motifs is 1. The number of ether oxygens (including phenoxy) is 1. The zero-order chi connectivity index (χ0) is 17.9. The second-order valence-corrected chi connectivity index (χ2v) is 6.85. The lowest BCUT2D eigenvalue weighted by Crippen LogP contribution is -2.42. The van der Waals surface area contributed by atoms with Crippen LogP contribution in [0.25, 0.3) is 11.0 Å². The monoisotopic (exact) mass is 349 g/mol. The maximum atomic E-state index is 13.2. The molecular weight excluding hydrogens is 326 g/mol. The van der Waals surface area contributed by atoms with Crippen molar-refractivity contribution in [2.75, 3.05) is 6.54 Å². The van der Waals surface area contributed by atoms with Crippen LogP contribution in [-0.4, -0.2) is 23.4 Å². The molecule has 0 radical (unpaired) electrons. The lowest BCUT2D eigenvalue weighted by Gasteiger charge is -2.32. The summed E-state index contributed by atoms with van der Waals surface area (Å²) in [5.41, 5.74) is 1.56. The number of hydrogen-bond donors (Lipinski definition) is 0. The van der Waals surface area contributed by atoms with Crippen LogP contribution < -0.4 is 4.74 Å². The Balaban J connectivity index is 1.68. The van der Waals surface area contributed by atoms with Gasteiger partial charge in [0, 0.05) is 23.5 Å². The molecule has 4 rings (SSSR count). The number of para-hydroxylation sites is 2. The average molecular weight is 349 g/mol. The number of amides is 1. The molecule has 1 aliphatic heterocycles. The van der Waals surface area contributed by atoms with E-state index in [1.54, 1.807) is 0 Å². The van der Waals surface area contributed by atoms with Gasteiger partial charge in [-0.25, -0.2) is 0 Å². The molecule has 0 aliphatic carbocycles. The predicted molar refractivity (Wildman–Crippen MR) is 101 cm³/mol. The number of hydrogen-bond acceptors (Lipinski definition) is 3. The minimum Gasteiger partial charge on any atom is -0.489 e. The van der Waals surface area contributed by atoms with Crippen LogP contribution in [0.5, 0.6) is 5.75 Å². The zero-order valence-corrected chi connectivity index (χ0v) is 15.0. The summed E-state index contributed by atoms with van der Waals surface area (Å²) >= 11 is 0. The van der Waals surface area contributed by atoms with Crippen molar-refractivity contribution in [1.82, 2.24) is 4.90 Å². The molecule has 0 saturated carbocycles. The van der Waals surface area contributed by atoms with E-state index in [0.717, 1.165) is 41.7 Å². The smallest absolute Gasteiger partial charge is 0.290 e. The van der Waals surface area contributed by atoms with E-state index in [1.807, 2.05) is 59.5 Å². The van der Waals surface area contributed by atoms with Crippen LogP contribution in [0.3, 0.4) is 0 Å². The Kier molecular flexibility index (Phi) is 4.65. The number of carbonyl (C=O) groups excluding carboxylic acids is 1. The van der Waals surface area contributed by atoms with E-state index in [-0.39, 0.29) is 11.9 Å². The van der Waals surface area contributed by atoms with Crippen molar-refractivity contribution in [2.45, 2.75) is 38.8 Å². The number of furan rings is 1. The van der Waals surface area contributed by atoms with Gasteiger partial charge in [-0.3, -0.25) is 4.79 Å². The second kappa shape index (κ2) is 7.24. The summed E-state index contributed by atoms with van der Waals surface area (Å²) in [5, 5.41) is 0.941. The highest BCUT2D eigenvalue weighted by Gasteiger charge is 2.29. The molecule has 1 unspecified atom stereocenters. The van der Waals surface area contributed by atoms with Crippen LogP contribution >= 0.6 is 0 Å². The van der Waals surface area contributed by atoms with E-state index < -0.39 is 0 Å². The summed E-state index contributed by atoms with van der Waals surface area (Å²) in [6, 6.07) is 17.7. The third kappa shape index (κ3) is 3.19. The fraction of sp³-hybridized carbons (Fsp3) is 0.318. The van der Waals surface area contributed by atoms with E-state index in [1.165, 1.54) is 6.42 Å². The van der Waals surface area contributed by atoms with E-state index in [9.17, 15) is 4.79 Å². The molecule has 4 nitrogen and oxygen atoms in total. The molecule has 26 heavy (non-hydrogen) atoms. The Labute approximate surface area is 153 Å². The first kappa shape index (κ1) is 16.7. The highest BCUT2D eigenvalue weighted by atomic mass is 16.5. The van der Waals surface area contributed by atoms with Crippen molar-refractivity contribution in [2.24, 2.45) is 0 Å². The minimum absolute atomic E-state index is 0.0277. The number of rotatable bonds is 4. The van der Waals surface area contributed by atoms with Crippen LogP contribution in [0.15, 0.2) is 59.0 Å². The van der Waals surface area contributed by atoms with Gasteiger partial charge in [0.1, 0.15) is 17.9 Å². The Morgan fingerprint density at radius 2 is 1.88 bits per heavy atom. The maximum absolute atomic E-state index is 13.2. The molecule has 1 atom stereocenters. The number of benzene rings is 2. The maximum Gasteiger partial charge on any atom is 0.290 e. The van der Waals surface area contributed by atoms with Crippen LogP contribution in [0.1, 0.15) is 42.3 Å². The van der Waals surface area contributed by atoms with Crippen LogP contribution in [0.2, 0.25) is 0 Å². The summed E-state index contributed by atoms with van der Waals surface area (Å²) in [6.07, 6.45) is 3.27. The lowest BCUT2D eigenvalue weighted by atomic mass is 10.0. The van der Waals surface area contributed by atoms with Gasteiger partial charge in [-0.2, -0.15) is 0 Å². The summed E-state index contributed by atoms with van der Waals surface area (Å²) in [5.74, 6) is 1.17. The summed E-state index contributed by atoms with van der Waals surface area (Å²) in [4.78, 5) is 15.1. The van der Waals surface area contributed by atoms with Gasteiger partial charge in [-0.05, 0) is 44.4 Å². The van der Waals surface area contributed by atoms with Crippen LogP contribution in [0, 0.1) is 0 Å². The number of carbonyl (C=O) groups is 1. The fourth-order valence-electron chi connectivity index (χ4n) is 3.62. The second-order valence-electron chi connectivity index (χ2n) is 6.85. The molecule has 1 saturated heterocycles. The SMILES string of the molecule is CC1CCCCN1C(=O)c1oc2ccccc2c1COc1ccccc1. The standard InChI is InChI=1S/C22H23NO3/c1-16-9-7-8-14-23(16)22(24)21-19(15-25-17-10-3-2-4-11-17)18-12-5-6-13-20(18)26-21/h2-6,10-13,16H,7-9,14-15H2,1H3. The number of piperidine rings is 1. The van der Waals surface area contributed by atoms with Gasteiger partial charge >= 0.3 is 0 Å². The minimum atomic E-state index is -0.0277. The predicted octanol–water partition coefficient (Wildman–Crippen LogP) is 5.03. The van der Waals surface area contributed by atoms with Gasteiger partial charge in [0.05, 0.1) is 0 Å². The van der Waals surface area contributed by atoms with E-state index in [0.29, 0.717) is 12.4 Å². The van der Waals surface area contributed by atoms with E-state index in [4.69, 9.17) is 9.15 Å². The Morgan fingerprint density at radius 3 is 2.69 bits per heavy atom. The molecule has 4 heteroatoms. The summed E-state index contributed by atoms with van der Waals surface area (Å²) in [7, 11) is 0. The average Bonchev–Trinajstić information content (AvgIpc) is 3.06. The first-order chi connectivity index (χ1) is 12.7. The zero-order valence-electron chi connectivity index (χ0n) is 15.0.